The molecule has 1 rings (SSSR count). The van der Waals surface area contributed by atoms with Crippen molar-refractivity contribution in [3.63, 3.8) is 0 Å². The molecule has 0 aliphatic heterocycles. The van der Waals surface area contributed by atoms with Gasteiger partial charge in [-0.15, -0.1) is 0 Å². The second kappa shape index (κ2) is 9.34. The van der Waals surface area contributed by atoms with Gasteiger partial charge >= 0.3 is 0 Å². The number of ether oxygens (including phenoxy) is 2. The molecular weight excluding hydrogens is 256 g/mol. The third-order valence-electron chi connectivity index (χ3n) is 2.84. The van der Waals surface area contributed by atoms with Crippen molar-refractivity contribution in [1.29, 1.82) is 0 Å². The summed E-state index contributed by atoms with van der Waals surface area (Å²) in [4.78, 5) is 13.1. The van der Waals surface area contributed by atoms with Crippen molar-refractivity contribution in [2.75, 3.05) is 41.0 Å². The first-order valence-corrected chi connectivity index (χ1v) is 6.75. The van der Waals surface area contributed by atoms with E-state index in [1.807, 2.05) is 24.3 Å². The first-order chi connectivity index (χ1) is 9.65. The molecule has 1 amide bonds. The van der Waals surface area contributed by atoms with Gasteiger partial charge in [0.05, 0.1) is 19.6 Å². The molecule has 112 valence electrons. The average Bonchev–Trinajstić information content (AvgIpc) is 2.44. The van der Waals surface area contributed by atoms with E-state index in [4.69, 9.17) is 9.47 Å². The zero-order chi connectivity index (χ0) is 14.8. The van der Waals surface area contributed by atoms with E-state index >= 15 is 0 Å². The minimum atomic E-state index is 0.0701. The quantitative estimate of drug-likeness (QED) is 0.692. The van der Waals surface area contributed by atoms with Crippen LogP contribution in [0.15, 0.2) is 24.3 Å². The topological polar surface area (TPSA) is 50.8 Å². The summed E-state index contributed by atoms with van der Waals surface area (Å²) in [5.74, 6) is 0.893. The lowest BCUT2D eigenvalue weighted by atomic mass is 10.2. The van der Waals surface area contributed by atoms with Gasteiger partial charge in [0.1, 0.15) is 5.75 Å². The van der Waals surface area contributed by atoms with E-state index in [-0.39, 0.29) is 5.91 Å². The fraction of sp³-hybridized carbons (Fsp3) is 0.533. The highest BCUT2D eigenvalue weighted by molar-refractivity contribution is 5.75. The molecule has 0 aliphatic rings. The van der Waals surface area contributed by atoms with Gasteiger partial charge in [-0.3, -0.25) is 4.79 Å². The molecule has 0 unspecified atom stereocenters. The van der Waals surface area contributed by atoms with E-state index in [9.17, 15) is 4.79 Å². The van der Waals surface area contributed by atoms with Crippen molar-refractivity contribution < 1.29 is 14.3 Å². The minimum absolute atomic E-state index is 0.0701. The molecule has 0 fully saturated rings. The Morgan fingerprint density at radius 1 is 1.25 bits per heavy atom. The molecule has 5 heteroatoms. The number of carbonyl (C=O) groups excluding carboxylic acids is 1. The number of rotatable bonds is 9. The van der Waals surface area contributed by atoms with Crippen molar-refractivity contribution in [3.8, 4) is 5.75 Å². The maximum atomic E-state index is 11.5. The van der Waals surface area contributed by atoms with Gasteiger partial charge in [0.25, 0.3) is 0 Å². The zero-order valence-electron chi connectivity index (χ0n) is 12.5. The Hall–Kier alpha value is -1.59. The van der Waals surface area contributed by atoms with Crippen LogP contribution in [-0.4, -0.2) is 51.8 Å². The molecule has 0 saturated carbocycles. The highest BCUT2D eigenvalue weighted by Crippen LogP contribution is 2.17. The number of para-hydroxylation sites is 1. The van der Waals surface area contributed by atoms with Crippen molar-refractivity contribution in [1.82, 2.24) is 10.2 Å². The highest BCUT2D eigenvalue weighted by atomic mass is 16.5. The van der Waals surface area contributed by atoms with Gasteiger partial charge in [-0.2, -0.15) is 0 Å². The summed E-state index contributed by atoms with van der Waals surface area (Å²) in [6.07, 6.45) is 0.387. The molecule has 0 atom stereocenters. The largest absolute Gasteiger partial charge is 0.493 e. The summed E-state index contributed by atoms with van der Waals surface area (Å²) < 4.78 is 10.7. The van der Waals surface area contributed by atoms with E-state index in [0.717, 1.165) is 24.4 Å². The lowest BCUT2D eigenvalue weighted by Crippen LogP contribution is -2.23. The second-order valence-electron chi connectivity index (χ2n) is 4.66. The van der Waals surface area contributed by atoms with E-state index in [1.54, 1.807) is 26.1 Å². The fourth-order valence-electron chi connectivity index (χ4n) is 1.66. The van der Waals surface area contributed by atoms with Crippen LogP contribution in [0.4, 0.5) is 0 Å². The Labute approximate surface area is 120 Å². The highest BCUT2D eigenvalue weighted by Gasteiger charge is 2.06. The fourth-order valence-corrected chi connectivity index (χ4v) is 1.66. The molecule has 20 heavy (non-hydrogen) atoms. The molecule has 1 aromatic carbocycles. The standard InChI is InChI=1S/C15H24N2O3/c1-17(2)15(18)8-10-20-14-7-5-4-6-13(14)12-16-9-11-19-3/h4-7,16H,8-12H2,1-3H3. The summed E-state index contributed by atoms with van der Waals surface area (Å²) in [6.45, 7) is 2.59. The first-order valence-electron chi connectivity index (χ1n) is 6.75. The van der Waals surface area contributed by atoms with Crippen molar-refractivity contribution >= 4 is 5.91 Å². The third-order valence-corrected chi connectivity index (χ3v) is 2.84. The van der Waals surface area contributed by atoms with Crippen LogP contribution in [0, 0.1) is 0 Å². The predicted molar refractivity (Wildman–Crippen MR) is 78.8 cm³/mol. The van der Waals surface area contributed by atoms with Crippen LogP contribution >= 0.6 is 0 Å². The van der Waals surface area contributed by atoms with Gasteiger partial charge in [-0.1, -0.05) is 18.2 Å². The lowest BCUT2D eigenvalue weighted by molar-refractivity contribution is -0.129. The number of amides is 1. The Morgan fingerprint density at radius 2 is 2.00 bits per heavy atom. The van der Waals surface area contributed by atoms with Crippen LogP contribution in [0.25, 0.3) is 0 Å². The van der Waals surface area contributed by atoms with Gasteiger partial charge in [-0.25, -0.2) is 0 Å². The summed E-state index contributed by atoms with van der Waals surface area (Å²) in [7, 11) is 5.17. The molecule has 0 aliphatic carbocycles. The van der Waals surface area contributed by atoms with Gasteiger partial charge in [0.15, 0.2) is 0 Å². The van der Waals surface area contributed by atoms with E-state index in [1.165, 1.54) is 0 Å². The van der Waals surface area contributed by atoms with E-state index < -0.39 is 0 Å². The molecule has 0 heterocycles. The Bertz CT molecular complexity index is 408. The normalized spacial score (nSPS) is 10.3. The molecule has 0 spiro atoms. The number of nitrogens with one attached hydrogen (secondary N) is 1. The molecule has 0 radical (unpaired) electrons. The Kier molecular flexibility index (Phi) is 7.69. The maximum absolute atomic E-state index is 11.5. The average molecular weight is 280 g/mol. The number of benzene rings is 1. The molecule has 0 aromatic heterocycles. The molecule has 5 nitrogen and oxygen atoms in total. The van der Waals surface area contributed by atoms with Gasteiger partial charge in [0, 0.05) is 39.9 Å². The van der Waals surface area contributed by atoms with Crippen molar-refractivity contribution in [2.24, 2.45) is 0 Å². The van der Waals surface area contributed by atoms with Gasteiger partial charge in [-0.05, 0) is 6.07 Å². The second-order valence-corrected chi connectivity index (χ2v) is 4.66. The third kappa shape index (κ3) is 6.04. The molecule has 1 N–H and O–H groups in total. The zero-order valence-corrected chi connectivity index (χ0v) is 12.5. The minimum Gasteiger partial charge on any atom is -0.493 e. The number of nitrogens with zero attached hydrogens (tertiary/aromatic N) is 1. The maximum Gasteiger partial charge on any atom is 0.225 e. The molecule has 1 aromatic rings. The van der Waals surface area contributed by atoms with Crippen LogP contribution in [0.2, 0.25) is 0 Å². The van der Waals surface area contributed by atoms with E-state index in [0.29, 0.717) is 19.6 Å². The van der Waals surface area contributed by atoms with Crippen LogP contribution in [0.5, 0.6) is 5.75 Å². The summed E-state index contributed by atoms with van der Waals surface area (Å²) in [5, 5.41) is 3.28. The monoisotopic (exact) mass is 280 g/mol. The summed E-state index contributed by atoms with van der Waals surface area (Å²) in [6, 6.07) is 7.85. The number of hydrogen-bond donors (Lipinski definition) is 1. The molecule has 0 saturated heterocycles. The smallest absolute Gasteiger partial charge is 0.225 e. The molecule has 0 bridgehead atoms. The number of carbonyl (C=O) groups is 1. The predicted octanol–water partition coefficient (Wildman–Crippen LogP) is 1.28. The van der Waals surface area contributed by atoms with Crippen LogP contribution < -0.4 is 10.1 Å². The van der Waals surface area contributed by atoms with Crippen molar-refractivity contribution in [3.05, 3.63) is 29.8 Å². The van der Waals surface area contributed by atoms with Crippen LogP contribution in [0.1, 0.15) is 12.0 Å². The molecular formula is C15H24N2O3. The van der Waals surface area contributed by atoms with Crippen LogP contribution in [0.3, 0.4) is 0 Å². The van der Waals surface area contributed by atoms with Gasteiger partial charge < -0.3 is 19.7 Å². The summed E-state index contributed by atoms with van der Waals surface area (Å²) in [5.41, 5.74) is 1.08. The Balaban J connectivity index is 2.42. The lowest BCUT2D eigenvalue weighted by Gasteiger charge is -2.13. The van der Waals surface area contributed by atoms with Crippen molar-refractivity contribution in [2.45, 2.75) is 13.0 Å². The number of hydrogen-bond acceptors (Lipinski definition) is 4. The van der Waals surface area contributed by atoms with E-state index in [2.05, 4.69) is 5.32 Å². The Morgan fingerprint density at radius 3 is 2.70 bits per heavy atom. The first kappa shape index (κ1) is 16.5. The number of methoxy groups -OCH3 is 1. The SMILES string of the molecule is COCCNCc1ccccc1OCCC(=O)N(C)C. The van der Waals surface area contributed by atoms with Gasteiger partial charge in [0.2, 0.25) is 5.91 Å². The summed E-state index contributed by atoms with van der Waals surface area (Å²) >= 11 is 0. The van der Waals surface area contributed by atoms with Crippen LogP contribution in [-0.2, 0) is 16.1 Å².